The number of aryl methyl sites for hydroxylation is 1. The van der Waals surface area contributed by atoms with Gasteiger partial charge in [0, 0.05) is 37.5 Å². The van der Waals surface area contributed by atoms with Gasteiger partial charge in [-0.25, -0.2) is 13.1 Å². The molecule has 0 bridgehead atoms. The van der Waals surface area contributed by atoms with Crippen LogP contribution in [0.4, 0.5) is 5.69 Å². The van der Waals surface area contributed by atoms with Crippen molar-refractivity contribution in [2.24, 2.45) is 0 Å². The number of para-hydroxylation sites is 1. The zero-order chi connectivity index (χ0) is 20.5. The maximum absolute atomic E-state index is 13.0. The third-order valence-corrected chi connectivity index (χ3v) is 6.50. The highest BCUT2D eigenvalue weighted by Gasteiger charge is 2.26. The quantitative estimate of drug-likeness (QED) is 0.467. The minimum absolute atomic E-state index is 0.0582. The number of non-ortho nitro benzene ring substituents is 1. The summed E-state index contributed by atoms with van der Waals surface area (Å²) in [6.07, 6.45) is 3.36. The zero-order valence-electron chi connectivity index (χ0n) is 15.7. The van der Waals surface area contributed by atoms with Gasteiger partial charge in [0.2, 0.25) is 10.0 Å². The van der Waals surface area contributed by atoms with Gasteiger partial charge in [-0.3, -0.25) is 10.1 Å². The first-order chi connectivity index (χ1) is 13.2. The van der Waals surface area contributed by atoms with E-state index in [-0.39, 0.29) is 17.1 Å². The van der Waals surface area contributed by atoms with Crippen molar-refractivity contribution in [1.29, 1.82) is 0 Å². The summed E-state index contributed by atoms with van der Waals surface area (Å²) in [4.78, 5) is 10.5. The van der Waals surface area contributed by atoms with Gasteiger partial charge in [0.1, 0.15) is 0 Å². The highest BCUT2D eigenvalue weighted by Crippen LogP contribution is 2.28. The van der Waals surface area contributed by atoms with Gasteiger partial charge in [-0.1, -0.05) is 18.2 Å². The van der Waals surface area contributed by atoms with Crippen LogP contribution in [-0.2, 0) is 16.6 Å². The number of nitrogens with zero attached hydrogens (tertiary/aromatic N) is 4. The van der Waals surface area contributed by atoms with Crippen molar-refractivity contribution in [3.8, 4) is 5.69 Å². The summed E-state index contributed by atoms with van der Waals surface area (Å²) in [7, 11) is -2.46. The second kappa shape index (κ2) is 7.53. The van der Waals surface area contributed by atoms with E-state index in [1.54, 1.807) is 30.9 Å². The smallest absolute Gasteiger partial charge is 0.258 e. The van der Waals surface area contributed by atoms with Crippen LogP contribution in [0.15, 0.2) is 59.8 Å². The molecule has 0 aliphatic rings. The van der Waals surface area contributed by atoms with E-state index in [1.807, 2.05) is 30.3 Å². The Bertz CT molecular complexity index is 1120. The van der Waals surface area contributed by atoms with E-state index in [4.69, 9.17) is 0 Å². The number of aromatic nitrogens is 2. The van der Waals surface area contributed by atoms with Crippen molar-refractivity contribution in [3.63, 3.8) is 0 Å². The number of hydrogen-bond donors (Lipinski definition) is 0. The van der Waals surface area contributed by atoms with Crippen LogP contribution in [0.25, 0.3) is 5.69 Å². The number of nitro groups is 1. The minimum Gasteiger partial charge on any atom is -0.258 e. The molecule has 0 aliphatic heterocycles. The molecule has 1 heterocycles. The van der Waals surface area contributed by atoms with Gasteiger partial charge in [0.05, 0.1) is 21.7 Å². The predicted octanol–water partition coefficient (Wildman–Crippen LogP) is 3.22. The number of rotatable bonds is 6. The fourth-order valence-corrected chi connectivity index (χ4v) is 4.33. The van der Waals surface area contributed by atoms with Crippen LogP contribution >= 0.6 is 0 Å². The Labute approximate surface area is 163 Å². The summed E-state index contributed by atoms with van der Waals surface area (Å²) in [5.74, 6) is 0. The fourth-order valence-electron chi connectivity index (χ4n) is 2.86. The van der Waals surface area contributed by atoms with E-state index in [0.717, 1.165) is 11.8 Å². The summed E-state index contributed by atoms with van der Waals surface area (Å²) in [6.45, 7) is 3.40. The number of nitro benzene ring substituents is 1. The Hall–Kier alpha value is -3.04. The first-order valence-corrected chi connectivity index (χ1v) is 9.95. The molecule has 0 unspecified atom stereocenters. The van der Waals surface area contributed by atoms with E-state index >= 15 is 0 Å². The molecule has 146 valence electrons. The second-order valence-electron chi connectivity index (χ2n) is 6.53. The molecule has 28 heavy (non-hydrogen) atoms. The van der Waals surface area contributed by atoms with Gasteiger partial charge in [0.15, 0.2) is 0 Å². The third-order valence-electron chi connectivity index (χ3n) is 4.57. The number of hydrogen-bond acceptors (Lipinski definition) is 5. The molecule has 0 amide bonds. The molecule has 0 spiro atoms. The van der Waals surface area contributed by atoms with Crippen molar-refractivity contribution in [2.75, 3.05) is 7.05 Å². The van der Waals surface area contributed by atoms with E-state index in [0.29, 0.717) is 16.7 Å². The average Bonchev–Trinajstić information content (AvgIpc) is 3.12. The molecule has 0 saturated carbocycles. The SMILES string of the molecule is Cc1cc([N+](=O)[O-])cc(S(=O)(=O)N(C)Cc2cnn(-c3ccccc3)c2)c1C. The molecule has 0 fully saturated rings. The average molecular weight is 400 g/mol. The van der Waals surface area contributed by atoms with Crippen LogP contribution in [0.2, 0.25) is 0 Å². The Kier molecular flexibility index (Phi) is 5.30. The summed E-state index contributed by atoms with van der Waals surface area (Å²) in [5, 5.41) is 15.4. The summed E-state index contributed by atoms with van der Waals surface area (Å²) < 4.78 is 28.9. The van der Waals surface area contributed by atoms with Crippen LogP contribution in [0.5, 0.6) is 0 Å². The molecular weight excluding hydrogens is 380 g/mol. The van der Waals surface area contributed by atoms with Crippen LogP contribution < -0.4 is 0 Å². The molecule has 3 rings (SSSR count). The molecular formula is C19H20N4O4S. The molecule has 0 aliphatic carbocycles. The maximum atomic E-state index is 13.0. The van der Waals surface area contributed by atoms with Gasteiger partial charge >= 0.3 is 0 Å². The maximum Gasteiger partial charge on any atom is 0.271 e. The van der Waals surface area contributed by atoms with Crippen molar-refractivity contribution in [1.82, 2.24) is 14.1 Å². The Morgan fingerprint density at radius 3 is 2.50 bits per heavy atom. The molecule has 0 saturated heterocycles. The first kappa shape index (κ1) is 19.7. The Morgan fingerprint density at radius 2 is 1.86 bits per heavy atom. The highest BCUT2D eigenvalue weighted by atomic mass is 32.2. The van der Waals surface area contributed by atoms with Crippen LogP contribution in [0.1, 0.15) is 16.7 Å². The monoisotopic (exact) mass is 400 g/mol. The van der Waals surface area contributed by atoms with E-state index < -0.39 is 14.9 Å². The predicted molar refractivity (Wildman–Crippen MR) is 105 cm³/mol. The second-order valence-corrected chi connectivity index (χ2v) is 8.55. The molecule has 0 radical (unpaired) electrons. The van der Waals surface area contributed by atoms with Gasteiger partial charge in [-0.2, -0.15) is 9.40 Å². The van der Waals surface area contributed by atoms with Crippen molar-refractivity contribution in [3.05, 3.63) is 81.7 Å². The van der Waals surface area contributed by atoms with Gasteiger partial charge in [-0.15, -0.1) is 0 Å². The standard InChI is InChI=1S/C19H20N4O4S/c1-14-9-18(23(24)25)10-19(15(14)2)28(26,27)21(3)12-16-11-20-22(13-16)17-7-5-4-6-8-17/h4-11,13H,12H2,1-3H3. The van der Waals surface area contributed by atoms with Gasteiger partial charge in [0.25, 0.3) is 5.69 Å². The summed E-state index contributed by atoms with van der Waals surface area (Å²) in [5.41, 5.74) is 2.38. The van der Waals surface area contributed by atoms with E-state index in [2.05, 4.69) is 5.10 Å². The molecule has 8 nitrogen and oxygen atoms in total. The van der Waals surface area contributed by atoms with Crippen LogP contribution in [0, 0.1) is 24.0 Å². The molecule has 9 heteroatoms. The van der Waals surface area contributed by atoms with Crippen molar-refractivity contribution < 1.29 is 13.3 Å². The largest absolute Gasteiger partial charge is 0.271 e. The minimum atomic E-state index is -3.91. The molecule has 0 atom stereocenters. The van der Waals surface area contributed by atoms with Gasteiger partial charge < -0.3 is 0 Å². The van der Waals surface area contributed by atoms with Gasteiger partial charge in [-0.05, 0) is 37.1 Å². The lowest BCUT2D eigenvalue weighted by molar-refractivity contribution is -0.385. The first-order valence-electron chi connectivity index (χ1n) is 8.51. The molecule has 2 aromatic carbocycles. The fraction of sp³-hybridized carbons (Fsp3) is 0.211. The number of sulfonamides is 1. The molecule has 0 N–H and O–H groups in total. The summed E-state index contributed by atoms with van der Waals surface area (Å²) >= 11 is 0. The van der Waals surface area contributed by atoms with E-state index in [9.17, 15) is 18.5 Å². The zero-order valence-corrected chi connectivity index (χ0v) is 16.5. The lowest BCUT2D eigenvalue weighted by Crippen LogP contribution is -2.27. The van der Waals surface area contributed by atoms with Crippen molar-refractivity contribution >= 4 is 15.7 Å². The van der Waals surface area contributed by atoms with Crippen molar-refractivity contribution in [2.45, 2.75) is 25.3 Å². The lowest BCUT2D eigenvalue weighted by Gasteiger charge is -2.18. The summed E-state index contributed by atoms with van der Waals surface area (Å²) in [6, 6.07) is 12.0. The Morgan fingerprint density at radius 1 is 1.18 bits per heavy atom. The van der Waals surface area contributed by atoms with Crippen LogP contribution in [-0.4, -0.2) is 34.5 Å². The topological polar surface area (TPSA) is 98.3 Å². The Balaban J connectivity index is 1.89. The lowest BCUT2D eigenvalue weighted by atomic mass is 10.1. The number of benzene rings is 2. The highest BCUT2D eigenvalue weighted by molar-refractivity contribution is 7.89. The van der Waals surface area contributed by atoms with E-state index in [1.165, 1.54) is 17.4 Å². The molecule has 1 aromatic heterocycles. The molecule has 3 aromatic rings. The normalized spacial score (nSPS) is 11.7. The van der Waals surface area contributed by atoms with Crippen LogP contribution in [0.3, 0.4) is 0 Å². The third kappa shape index (κ3) is 3.80.